The van der Waals surface area contributed by atoms with Crippen molar-refractivity contribution in [2.75, 3.05) is 19.7 Å². The second kappa shape index (κ2) is 10.3. The van der Waals surface area contributed by atoms with E-state index in [-0.39, 0.29) is 18.3 Å². The summed E-state index contributed by atoms with van der Waals surface area (Å²) in [6.07, 6.45) is 1.18. The number of hydrogen-bond donors (Lipinski definition) is 3. The summed E-state index contributed by atoms with van der Waals surface area (Å²) >= 11 is 0. The van der Waals surface area contributed by atoms with Crippen molar-refractivity contribution in [1.29, 1.82) is 0 Å². The molecule has 32 heavy (non-hydrogen) atoms. The Hall–Kier alpha value is -3.35. The molecule has 0 saturated carbocycles. The predicted octanol–water partition coefficient (Wildman–Crippen LogP) is 3.77. The number of carbonyl (C=O) groups is 1. The monoisotopic (exact) mass is 433 g/mol. The van der Waals surface area contributed by atoms with Gasteiger partial charge in [-0.05, 0) is 65.9 Å². The molecule has 0 aromatic heterocycles. The van der Waals surface area contributed by atoms with E-state index in [4.69, 9.17) is 9.47 Å². The van der Waals surface area contributed by atoms with Crippen LogP contribution in [-0.4, -0.2) is 48.1 Å². The molecule has 6 nitrogen and oxygen atoms in total. The zero-order valence-electron chi connectivity index (χ0n) is 17.7. The Morgan fingerprint density at radius 2 is 1.88 bits per heavy atom. The molecular weight excluding hydrogens is 406 g/mol. The van der Waals surface area contributed by atoms with Gasteiger partial charge in [0.1, 0.15) is 30.3 Å². The van der Waals surface area contributed by atoms with E-state index in [2.05, 4.69) is 11.4 Å². The van der Waals surface area contributed by atoms with Crippen molar-refractivity contribution >= 4 is 5.97 Å². The highest BCUT2D eigenvalue weighted by Crippen LogP contribution is 2.32. The second-order valence-corrected chi connectivity index (χ2v) is 7.92. The summed E-state index contributed by atoms with van der Waals surface area (Å²) in [4.78, 5) is 11.2. The largest absolute Gasteiger partial charge is 0.491 e. The van der Waals surface area contributed by atoms with Gasteiger partial charge in [-0.1, -0.05) is 36.4 Å². The molecule has 0 saturated heterocycles. The molecule has 0 unspecified atom stereocenters. The maximum Gasteiger partial charge on any atom is 0.335 e. The Bertz CT molecular complexity index is 1050. The van der Waals surface area contributed by atoms with E-state index in [0.29, 0.717) is 13.1 Å². The first-order valence-electron chi connectivity index (χ1n) is 10.8. The maximum absolute atomic E-state index is 11.2. The van der Waals surface area contributed by atoms with Gasteiger partial charge in [0.05, 0.1) is 5.56 Å². The molecular formula is C26H27NO5. The van der Waals surface area contributed by atoms with E-state index in [1.54, 1.807) is 18.2 Å². The smallest absolute Gasteiger partial charge is 0.335 e. The first-order chi connectivity index (χ1) is 15.6. The Morgan fingerprint density at radius 1 is 1.06 bits per heavy atom. The third-order valence-electron chi connectivity index (χ3n) is 5.47. The molecule has 166 valence electrons. The van der Waals surface area contributed by atoms with Crippen molar-refractivity contribution < 1.29 is 24.5 Å². The molecule has 0 radical (unpaired) electrons. The molecule has 4 rings (SSSR count). The first kappa shape index (κ1) is 21.9. The van der Waals surface area contributed by atoms with E-state index in [1.165, 1.54) is 0 Å². The van der Waals surface area contributed by atoms with Crippen molar-refractivity contribution in [3.8, 4) is 22.6 Å². The van der Waals surface area contributed by atoms with Gasteiger partial charge in [0, 0.05) is 13.1 Å². The predicted molar refractivity (Wildman–Crippen MR) is 122 cm³/mol. The molecule has 3 aromatic carbocycles. The van der Waals surface area contributed by atoms with Gasteiger partial charge >= 0.3 is 5.97 Å². The van der Waals surface area contributed by atoms with Gasteiger partial charge in [-0.15, -0.1) is 0 Å². The number of aromatic carboxylic acids is 1. The summed E-state index contributed by atoms with van der Waals surface area (Å²) in [5.41, 5.74) is 3.26. The van der Waals surface area contributed by atoms with Crippen LogP contribution in [0.1, 0.15) is 22.3 Å². The fourth-order valence-electron chi connectivity index (χ4n) is 3.78. The number of aliphatic hydroxyl groups excluding tert-OH is 1. The van der Waals surface area contributed by atoms with Gasteiger partial charge < -0.3 is 25.0 Å². The summed E-state index contributed by atoms with van der Waals surface area (Å²) in [5, 5.41) is 22.6. The quantitative estimate of drug-likeness (QED) is 0.476. The maximum atomic E-state index is 11.2. The number of aryl methyl sites for hydroxylation is 1. The van der Waals surface area contributed by atoms with Crippen molar-refractivity contribution in [1.82, 2.24) is 5.32 Å². The number of aliphatic hydroxyl groups is 1. The van der Waals surface area contributed by atoms with Crippen LogP contribution in [0.25, 0.3) is 11.1 Å². The number of carboxylic acid groups (broad SMARTS) is 1. The van der Waals surface area contributed by atoms with Crippen LogP contribution in [0.3, 0.4) is 0 Å². The fraction of sp³-hybridized carbons (Fsp3) is 0.269. The Labute approximate surface area is 187 Å². The van der Waals surface area contributed by atoms with Crippen LogP contribution in [0.15, 0.2) is 72.8 Å². The highest BCUT2D eigenvalue weighted by Gasteiger charge is 2.20. The van der Waals surface area contributed by atoms with Crippen LogP contribution in [0.2, 0.25) is 0 Å². The van der Waals surface area contributed by atoms with Crippen LogP contribution >= 0.6 is 0 Å². The van der Waals surface area contributed by atoms with Crippen LogP contribution in [0, 0.1) is 0 Å². The minimum absolute atomic E-state index is 0.0333. The molecule has 0 spiro atoms. The highest BCUT2D eigenvalue weighted by molar-refractivity contribution is 5.89. The number of nitrogens with one attached hydrogen (secondary N) is 1. The lowest BCUT2D eigenvalue weighted by molar-refractivity contribution is 0.0697. The SMILES string of the molecule is O=C(O)c1cccc(-c2ccc3c(c2)CC[C@H](CNC[C@H](O)COc2ccccc2)O3)c1. The van der Waals surface area contributed by atoms with Crippen molar-refractivity contribution in [3.05, 3.63) is 83.9 Å². The zero-order valence-corrected chi connectivity index (χ0v) is 17.7. The van der Waals surface area contributed by atoms with Crippen molar-refractivity contribution in [2.24, 2.45) is 0 Å². The second-order valence-electron chi connectivity index (χ2n) is 7.92. The minimum atomic E-state index is -0.930. The summed E-state index contributed by atoms with van der Waals surface area (Å²) < 4.78 is 11.7. The lowest BCUT2D eigenvalue weighted by atomic mass is 9.96. The number of rotatable bonds is 9. The molecule has 6 heteroatoms. The lowest BCUT2D eigenvalue weighted by Gasteiger charge is -2.27. The van der Waals surface area contributed by atoms with Gasteiger partial charge in [0.25, 0.3) is 0 Å². The van der Waals surface area contributed by atoms with Crippen LogP contribution in [0.4, 0.5) is 0 Å². The van der Waals surface area contributed by atoms with Crippen LogP contribution in [0.5, 0.6) is 11.5 Å². The molecule has 3 aromatic rings. The van der Waals surface area contributed by atoms with Crippen molar-refractivity contribution in [3.63, 3.8) is 0 Å². The van der Waals surface area contributed by atoms with Gasteiger partial charge in [-0.25, -0.2) is 4.79 Å². The minimum Gasteiger partial charge on any atom is -0.491 e. The van der Waals surface area contributed by atoms with Gasteiger partial charge in [0.2, 0.25) is 0 Å². The Balaban J connectivity index is 1.27. The number of benzene rings is 3. The molecule has 0 bridgehead atoms. The van der Waals surface area contributed by atoms with E-state index in [9.17, 15) is 15.0 Å². The Morgan fingerprint density at radius 3 is 2.69 bits per heavy atom. The average Bonchev–Trinajstić information content (AvgIpc) is 2.83. The lowest BCUT2D eigenvalue weighted by Crippen LogP contribution is -2.39. The first-order valence-corrected chi connectivity index (χ1v) is 10.8. The summed E-state index contributed by atoms with van der Waals surface area (Å²) in [6, 6.07) is 22.4. The zero-order chi connectivity index (χ0) is 22.3. The number of carboxylic acids is 1. The fourth-order valence-corrected chi connectivity index (χ4v) is 3.78. The molecule has 2 atom stereocenters. The standard InChI is InChI=1S/C26H27NO5/c28-22(17-31-23-7-2-1-3-8-23)15-27-16-24-11-9-20-13-19(10-12-25(20)32-24)18-5-4-6-21(14-18)26(29)30/h1-8,10,12-14,22,24,27-28H,9,11,15-17H2,(H,29,30)/t22-,24+/m0/s1. The normalized spacial score (nSPS) is 16.0. The van der Waals surface area contributed by atoms with Gasteiger partial charge in [-0.2, -0.15) is 0 Å². The van der Waals surface area contributed by atoms with Crippen molar-refractivity contribution in [2.45, 2.75) is 25.0 Å². The van der Waals surface area contributed by atoms with E-state index in [0.717, 1.165) is 41.0 Å². The molecule has 0 amide bonds. The topological polar surface area (TPSA) is 88.0 Å². The van der Waals surface area contributed by atoms with E-state index < -0.39 is 12.1 Å². The number of fused-ring (bicyclic) bond motifs is 1. The number of para-hydroxylation sites is 1. The average molecular weight is 434 g/mol. The molecule has 0 aliphatic carbocycles. The van der Waals surface area contributed by atoms with Gasteiger partial charge in [-0.3, -0.25) is 0 Å². The third-order valence-corrected chi connectivity index (χ3v) is 5.47. The Kier molecular flexibility index (Phi) is 7.04. The van der Waals surface area contributed by atoms with Crippen LogP contribution in [-0.2, 0) is 6.42 Å². The summed E-state index contributed by atoms with van der Waals surface area (Å²) in [5.74, 6) is 0.669. The molecule has 3 N–H and O–H groups in total. The number of hydrogen-bond acceptors (Lipinski definition) is 5. The highest BCUT2D eigenvalue weighted by atomic mass is 16.5. The van der Waals surface area contributed by atoms with Gasteiger partial charge in [0.15, 0.2) is 0 Å². The van der Waals surface area contributed by atoms with Crippen LogP contribution < -0.4 is 14.8 Å². The third kappa shape index (κ3) is 5.66. The molecule has 1 aliphatic heterocycles. The summed E-state index contributed by atoms with van der Waals surface area (Å²) in [7, 11) is 0. The summed E-state index contributed by atoms with van der Waals surface area (Å²) in [6.45, 7) is 1.31. The number of ether oxygens (including phenoxy) is 2. The molecule has 0 fully saturated rings. The van der Waals surface area contributed by atoms with E-state index >= 15 is 0 Å². The molecule has 1 heterocycles. The molecule has 1 aliphatic rings. The van der Waals surface area contributed by atoms with E-state index in [1.807, 2.05) is 48.5 Å².